The summed E-state index contributed by atoms with van der Waals surface area (Å²) in [5, 5.41) is 14.6. The van der Waals surface area contributed by atoms with Gasteiger partial charge < -0.3 is 25.2 Å². The molecule has 1 aromatic rings. The Kier molecular flexibility index (Phi) is 5.92. The zero-order valence-electron chi connectivity index (χ0n) is 14.4. The number of carbonyl (C=O) groups excluding carboxylic acids is 1. The van der Waals surface area contributed by atoms with Gasteiger partial charge in [-0.25, -0.2) is 9.18 Å². The van der Waals surface area contributed by atoms with E-state index >= 15 is 0 Å². The maximum atomic E-state index is 13.7. The minimum atomic E-state index is -0.765. The summed E-state index contributed by atoms with van der Waals surface area (Å²) in [6.07, 6.45) is 2.93. The van der Waals surface area contributed by atoms with Crippen LogP contribution in [0.2, 0.25) is 0 Å². The molecule has 1 heterocycles. The van der Waals surface area contributed by atoms with Crippen molar-refractivity contribution in [1.82, 2.24) is 10.6 Å². The van der Waals surface area contributed by atoms with Crippen molar-refractivity contribution in [3.05, 3.63) is 29.1 Å². The maximum Gasteiger partial charge on any atom is 0.315 e. The zero-order chi connectivity index (χ0) is 18.5. The summed E-state index contributed by atoms with van der Waals surface area (Å²) in [6.45, 7) is 0.794. The molecule has 1 aliphatic carbocycles. The van der Waals surface area contributed by atoms with Crippen molar-refractivity contribution in [2.75, 3.05) is 13.3 Å². The summed E-state index contributed by atoms with van der Waals surface area (Å²) in [4.78, 5) is 22.9. The van der Waals surface area contributed by atoms with Crippen molar-refractivity contribution in [2.24, 2.45) is 5.92 Å². The molecular weight excluding hydrogens is 343 g/mol. The second kappa shape index (κ2) is 8.35. The van der Waals surface area contributed by atoms with Crippen molar-refractivity contribution < 1.29 is 28.6 Å². The summed E-state index contributed by atoms with van der Waals surface area (Å²) in [5.41, 5.74) is 1.37. The topological polar surface area (TPSA) is 96.9 Å². The highest BCUT2D eigenvalue weighted by atomic mass is 19.1. The van der Waals surface area contributed by atoms with Gasteiger partial charge in [0.15, 0.2) is 6.79 Å². The molecule has 3 rings (SSSR count). The van der Waals surface area contributed by atoms with E-state index in [9.17, 15) is 14.0 Å². The molecule has 1 aromatic carbocycles. The van der Waals surface area contributed by atoms with Crippen LogP contribution in [0.1, 0.15) is 36.8 Å². The van der Waals surface area contributed by atoms with Gasteiger partial charge in [-0.1, -0.05) is 0 Å². The molecule has 0 atom stereocenters. The molecular formula is C18H23FN2O5. The lowest BCUT2D eigenvalue weighted by atomic mass is 9.86. The summed E-state index contributed by atoms with van der Waals surface area (Å²) >= 11 is 0. The van der Waals surface area contributed by atoms with Crippen LogP contribution >= 0.6 is 0 Å². The fourth-order valence-electron chi connectivity index (χ4n) is 3.47. The molecule has 1 saturated carbocycles. The molecule has 3 N–H and O–H groups in total. The standard InChI is InChI=1S/C18H23FN2O5/c19-14-7-12(16-13(8-14)9-25-10-26-16)5-6-20-18(24)21-15-3-1-11(2-4-15)17(22)23/h7-8,11,15H,1-6,9-10H2,(H,22,23)(H2,20,21,24). The zero-order valence-corrected chi connectivity index (χ0v) is 14.4. The minimum absolute atomic E-state index is 0.00647. The van der Waals surface area contributed by atoms with Gasteiger partial charge in [0, 0.05) is 18.2 Å². The van der Waals surface area contributed by atoms with Crippen LogP contribution in [0.25, 0.3) is 0 Å². The van der Waals surface area contributed by atoms with E-state index in [1.54, 1.807) is 0 Å². The van der Waals surface area contributed by atoms with Gasteiger partial charge in [-0.05, 0) is 49.8 Å². The number of halogens is 1. The summed E-state index contributed by atoms with van der Waals surface area (Å²) in [5.74, 6) is -0.794. The Morgan fingerprint density at radius 1 is 1.23 bits per heavy atom. The van der Waals surface area contributed by atoms with Gasteiger partial charge in [-0.3, -0.25) is 4.79 Å². The summed E-state index contributed by atoms with van der Waals surface area (Å²) < 4.78 is 24.3. The molecule has 0 unspecified atom stereocenters. The van der Waals surface area contributed by atoms with Crippen molar-refractivity contribution in [3.63, 3.8) is 0 Å². The van der Waals surface area contributed by atoms with Crippen LogP contribution < -0.4 is 15.4 Å². The van der Waals surface area contributed by atoms with Crippen LogP contribution in [-0.2, 0) is 22.6 Å². The third-order valence-corrected chi connectivity index (χ3v) is 4.84. The quantitative estimate of drug-likeness (QED) is 0.742. The normalized spacial score (nSPS) is 22.0. The molecule has 8 heteroatoms. The summed E-state index contributed by atoms with van der Waals surface area (Å²) in [7, 11) is 0. The van der Waals surface area contributed by atoms with Gasteiger partial charge in [0.1, 0.15) is 11.6 Å². The summed E-state index contributed by atoms with van der Waals surface area (Å²) in [6, 6.07) is 2.51. The number of amides is 2. The van der Waals surface area contributed by atoms with E-state index in [0.717, 1.165) is 0 Å². The first-order chi connectivity index (χ1) is 12.5. The van der Waals surface area contributed by atoms with Crippen LogP contribution in [0.4, 0.5) is 9.18 Å². The second-order valence-corrected chi connectivity index (χ2v) is 6.70. The molecule has 142 valence electrons. The first-order valence-electron chi connectivity index (χ1n) is 8.82. The van der Waals surface area contributed by atoms with E-state index in [-0.39, 0.29) is 30.6 Å². The van der Waals surface area contributed by atoms with Gasteiger partial charge in [-0.15, -0.1) is 0 Å². The van der Waals surface area contributed by atoms with Crippen LogP contribution in [0, 0.1) is 11.7 Å². The van der Waals surface area contributed by atoms with Gasteiger partial charge in [-0.2, -0.15) is 0 Å². The molecule has 26 heavy (non-hydrogen) atoms. The number of ether oxygens (including phenoxy) is 2. The second-order valence-electron chi connectivity index (χ2n) is 6.70. The maximum absolute atomic E-state index is 13.7. The van der Waals surface area contributed by atoms with E-state index in [2.05, 4.69) is 10.6 Å². The lowest BCUT2D eigenvalue weighted by molar-refractivity contribution is -0.142. The Balaban J connectivity index is 1.45. The lowest BCUT2D eigenvalue weighted by Crippen LogP contribution is -2.44. The number of urea groups is 1. The molecule has 2 aliphatic rings. The SMILES string of the molecule is O=C(NCCc1cc(F)cc2c1OCOC2)NC1CCC(C(=O)O)CC1. The van der Waals surface area contributed by atoms with Gasteiger partial charge >= 0.3 is 12.0 Å². The van der Waals surface area contributed by atoms with Crippen molar-refractivity contribution in [3.8, 4) is 5.75 Å². The minimum Gasteiger partial charge on any atom is -0.481 e. The fourth-order valence-corrected chi connectivity index (χ4v) is 3.47. The molecule has 0 spiro atoms. The average Bonchev–Trinajstić information content (AvgIpc) is 2.62. The van der Waals surface area contributed by atoms with E-state index in [0.29, 0.717) is 62.1 Å². The smallest absolute Gasteiger partial charge is 0.315 e. The number of carbonyl (C=O) groups is 2. The van der Waals surface area contributed by atoms with Crippen LogP contribution in [0.15, 0.2) is 12.1 Å². The largest absolute Gasteiger partial charge is 0.481 e. The highest BCUT2D eigenvalue weighted by Gasteiger charge is 2.26. The Labute approximate surface area is 150 Å². The van der Waals surface area contributed by atoms with Crippen molar-refractivity contribution >= 4 is 12.0 Å². The molecule has 0 aromatic heterocycles. The third-order valence-electron chi connectivity index (χ3n) is 4.84. The molecule has 7 nitrogen and oxygen atoms in total. The highest BCUT2D eigenvalue weighted by Crippen LogP contribution is 2.29. The third kappa shape index (κ3) is 4.63. The van der Waals surface area contributed by atoms with Crippen molar-refractivity contribution in [1.29, 1.82) is 0 Å². The first kappa shape index (κ1) is 18.4. The van der Waals surface area contributed by atoms with Crippen LogP contribution in [0.3, 0.4) is 0 Å². The number of hydrogen-bond acceptors (Lipinski definition) is 4. The number of nitrogens with one attached hydrogen (secondary N) is 2. The van der Waals surface area contributed by atoms with E-state index in [1.807, 2.05) is 0 Å². The van der Waals surface area contributed by atoms with E-state index in [4.69, 9.17) is 14.6 Å². The predicted molar refractivity (Wildman–Crippen MR) is 90.3 cm³/mol. The lowest BCUT2D eigenvalue weighted by Gasteiger charge is -2.26. The number of fused-ring (bicyclic) bond motifs is 1. The Morgan fingerprint density at radius 3 is 2.73 bits per heavy atom. The fraction of sp³-hybridized carbons (Fsp3) is 0.556. The molecule has 1 aliphatic heterocycles. The number of aliphatic carboxylic acids is 1. The van der Waals surface area contributed by atoms with Gasteiger partial charge in [0.25, 0.3) is 0 Å². The van der Waals surface area contributed by atoms with E-state index < -0.39 is 5.97 Å². The Bertz CT molecular complexity index is 674. The predicted octanol–water partition coefficient (Wildman–Crippen LogP) is 2.18. The average molecular weight is 366 g/mol. The number of benzene rings is 1. The van der Waals surface area contributed by atoms with Gasteiger partial charge in [0.2, 0.25) is 0 Å². The van der Waals surface area contributed by atoms with Crippen molar-refractivity contribution in [2.45, 2.75) is 44.8 Å². The number of hydrogen-bond donors (Lipinski definition) is 3. The number of rotatable bonds is 5. The monoisotopic (exact) mass is 366 g/mol. The molecule has 1 fully saturated rings. The molecule has 0 saturated heterocycles. The molecule has 0 radical (unpaired) electrons. The van der Waals surface area contributed by atoms with Crippen LogP contribution in [0.5, 0.6) is 5.75 Å². The first-order valence-corrected chi connectivity index (χ1v) is 8.82. The number of carboxylic acid groups (broad SMARTS) is 1. The Hall–Kier alpha value is -2.35. The molecule has 0 bridgehead atoms. The number of carboxylic acids is 1. The van der Waals surface area contributed by atoms with Crippen LogP contribution in [-0.4, -0.2) is 36.5 Å². The van der Waals surface area contributed by atoms with E-state index in [1.165, 1.54) is 12.1 Å². The Morgan fingerprint density at radius 2 is 2.00 bits per heavy atom. The molecule has 2 amide bonds. The van der Waals surface area contributed by atoms with Gasteiger partial charge in [0.05, 0.1) is 12.5 Å². The highest BCUT2D eigenvalue weighted by molar-refractivity contribution is 5.74.